The van der Waals surface area contributed by atoms with Gasteiger partial charge in [0, 0.05) is 28.8 Å². The third kappa shape index (κ3) is 4.34. The van der Waals surface area contributed by atoms with Crippen LogP contribution < -0.4 is 0 Å². The fourth-order valence-corrected chi connectivity index (χ4v) is 3.92. The molecule has 0 saturated carbocycles. The highest BCUT2D eigenvalue weighted by molar-refractivity contribution is 6.33. The average molecular weight is 500 g/mol. The molecular weight excluding hydrogens is 486 g/mol. The third-order valence-corrected chi connectivity index (χ3v) is 5.80. The first-order chi connectivity index (χ1) is 16.3. The molecule has 0 N–H and O–H groups in total. The van der Waals surface area contributed by atoms with Crippen LogP contribution in [0.15, 0.2) is 72.9 Å². The van der Waals surface area contributed by atoms with Crippen molar-refractivity contribution in [2.75, 3.05) is 0 Å². The number of hydrogen-bond acceptors (Lipinski definition) is 4. The van der Waals surface area contributed by atoms with Crippen LogP contribution in [-0.2, 0) is 12.6 Å². The molecule has 0 fully saturated rings. The first-order valence-electron chi connectivity index (χ1n) is 10.1. The summed E-state index contributed by atoms with van der Waals surface area (Å²) < 4.78 is 40.0. The minimum atomic E-state index is -4.50. The standard InChI is InChI=1S/C24H14Cl2F3N5/c25-16-8-6-15(7-9-16)18-12-22-32-31-21(11-14-5-10-20(30-13-14)24(27,28)29)34(22)33-23(18)17-3-1-2-4-19(17)26/h1-10,12-13H,11H2. The molecule has 0 amide bonds. The van der Waals surface area contributed by atoms with E-state index in [0.29, 0.717) is 38.3 Å². The smallest absolute Gasteiger partial charge is 0.251 e. The van der Waals surface area contributed by atoms with E-state index in [9.17, 15) is 13.2 Å². The monoisotopic (exact) mass is 499 g/mol. The van der Waals surface area contributed by atoms with Crippen molar-refractivity contribution in [3.05, 3.63) is 100 Å². The number of pyridine rings is 1. The molecule has 5 aromatic rings. The Kier molecular flexibility index (Phi) is 5.71. The summed E-state index contributed by atoms with van der Waals surface area (Å²) >= 11 is 12.5. The predicted octanol–water partition coefficient (Wildman–Crippen LogP) is 6.77. The maximum Gasteiger partial charge on any atom is 0.433 e. The van der Waals surface area contributed by atoms with Gasteiger partial charge in [-0.05, 0) is 41.5 Å². The van der Waals surface area contributed by atoms with Gasteiger partial charge < -0.3 is 0 Å². The van der Waals surface area contributed by atoms with Crippen molar-refractivity contribution >= 4 is 28.8 Å². The minimum absolute atomic E-state index is 0.196. The molecule has 0 aliphatic carbocycles. The van der Waals surface area contributed by atoms with Gasteiger partial charge in [0.2, 0.25) is 0 Å². The molecule has 3 heterocycles. The average Bonchev–Trinajstić information content (AvgIpc) is 3.20. The van der Waals surface area contributed by atoms with Crippen LogP contribution in [0.2, 0.25) is 10.0 Å². The number of nitrogens with zero attached hydrogens (tertiary/aromatic N) is 5. The quantitative estimate of drug-likeness (QED) is 0.273. The molecule has 0 unspecified atom stereocenters. The SMILES string of the molecule is FC(F)(F)c1ccc(Cc2nnc3cc(-c4ccc(Cl)cc4)c(-c4ccccc4Cl)nn23)cn1. The van der Waals surface area contributed by atoms with Crippen molar-refractivity contribution < 1.29 is 13.2 Å². The first kappa shape index (κ1) is 22.3. The Morgan fingerprint density at radius 3 is 2.29 bits per heavy atom. The van der Waals surface area contributed by atoms with Crippen molar-refractivity contribution in [2.45, 2.75) is 12.6 Å². The fourth-order valence-electron chi connectivity index (χ4n) is 3.57. The molecule has 2 aromatic carbocycles. The van der Waals surface area contributed by atoms with E-state index in [4.69, 9.17) is 28.3 Å². The summed E-state index contributed by atoms with van der Waals surface area (Å²) in [5, 5.41) is 14.4. The van der Waals surface area contributed by atoms with Crippen molar-refractivity contribution in [3.8, 4) is 22.4 Å². The molecule has 5 nitrogen and oxygen atoms in total. The second kappa shape index (κ2) is 8.70. The van der Waals surface area contributed by atoms with Gasteiger partial charge in [-0.2, -0.15) is 22.8 Å². The number of fused-ring (bicyclic) bond motifs is 1. The van der Waals surface area contributed by atoms with Crippen molar-refractivity contribution in [1.82, 2.24) is 24.8 Å². The number of halogens is 5. The van der Waals surface area contributed by atoms with E-state index >= 15 is 0 Å². The molecule has 0 spiro atoms. The van der Waals surface area contributed by atoms with Gasteiger partial charge >= 0.3 is 6.18 Å². The van der Waals surface area contributed by atoms with Crippen molar-refractivity contribution in [2.24, 2.45) is 0 Å². The minimum Gasteiger partial charge on any atom is -0.251 e. The normalized spacial score (nSPS) is 11.8. The summed E-state index contributed by atoms with van der Waals surface area (Å²) in [4.78, 5) is 3.52. The molecule has 0 radical (unpaired) electrons. The predicted molar refractivity (Wildman–Crippen MR) is 124 cm³/mol. The molecular formula is C24H14Cl2F3N5. The van der Waals surface area contributed by atoms with Crippen LogP contribution in [0, 0.1) is 0 Å². The summed E-state index contributed by atoms with van der Waals surface area (Å²) in [7, 11) is 0. The van der Waals surface area contributed by atoms with Crippen LogP contribution in [0.3, 0.4) is 0 Å². The topological polar surface area (TPSA) is 56.0 Å². The summed E-state index contributed by atoms with van der Waals surface area (Å²) in [6, 6.07) is 18.8. The molecule has 0 aliphatic heterocycles. The van der Waals surface area contributed by atoms with Gasteiger partial charge in [-0.15, -0.1) is 10.2 Å². The molecule has 170 valence electrons. The lowest BCUT2D eigenvalue weighted by atomic mass is 10.00. The largest absolute Gasteiger partial charge is 0.433 e. The highest BCUT2D eigenvalue weighted by atomic mass is 35.5. The van der Waals surface area contributed by atoms with E-state index in [2.05, 4.69) is 15.2 Å². The van der Waals surface area contributed by atoms with Crippen molar-refractivity contribution in [3.63, 3.8) is 0 Å². The second-order valence-corrected chi connectivity index (χ2v) is 8.35. The lowest BCUT2D eigenvalue weighted by molar-refractivity contribution is -0.141. The Morgan fingerprint density at radius 2 is 1.62 bits per heavy atom. The van der Waals surface area contributed by atoms with E-state index < -0.39 is 11.9 Å². The Hall–Kier alpha value is -3.49. The highest BCUT2D eigenvalue weighted by Gasteiger charge is 2.32. The highest BCUT2D eigenvalue weighted by Crippen LogP contribution is 2.35. The summed E-state index contributed by atoms with van der Waals surface area (Å²) in [5.74, 6) is 0.451. The lowest BCUT2D eigenvalue weighted by Crippen LogP contribution is -2.08. The van der Waals surface area contributed by atoms with Gasteiger partial charge in [-0.25, -0.2) is 0 Å². The third-order valence-electron chi connectivity index (χ3n) is 5.22. The van der Waals surface area contributed by atoms with Gasteiger partial charge in [0.15, 0.2) is 11.5 Å². The summed E-state index contributed by atoms with van der Waals surface area (Å²) in [5.41, 5.74) is 3.05. The zero-order chi connectivity index (χ0) is 23.9. The number of aromatic nitrogens is 5. The summed E-state index contributed by atoms with van der Waals surface area (Å²) in [6.45, 7) is 0. The molecule has 0 aliphatic rings. The zero-order valence-corrected chi connectivity index (χ0v) is 18.8. The van der Waals surface area contributed by atoms with E-state index in [0.717, 1.165) is 17.2 Å². The van der Waals surface area contributed by atoms with Crippen LogP contribution >= 0.6 is 23.2 Å². The number of rotatable bonds is 4. The molecule has 0 saturated heterocycles. The van der Waals surface area contributed by atoms with Gasteiger partial charge in [0.1, 0.15) is 11.4 Å². The second-order valence-electron chi connectivity index (χ2n) is 7.51. The summed E-state index contributed by atoms with van der Waals surface area (Å²) in [6.07, 6.45) is -3.12. The number of hydrogen-bond donors (Lipinski definition) is 0. The molecule has 0 bridgehead atoms. The van der Waals surface area contributed by atoms with E-state index in [1.54, 1.807) is 22.7 Å². The van der Waals surface area contributed by atoms with Crippen LogP contribution in [-0.4, -0.2) is 24.8 Å². The van der Waals surface area contributed by atoms with Gasteiger partial charge in [0.05, 0.1) is 5.02 Å². The van der Waals surface area contributed by atoms with Gasteiger partial charge in [-0.1, -0.05) is 59.6 Å². The molecule has 3 aromatic heterocycles. The van der Waals surface area contributed by atoms with Crippen LogP contribution in [0.25, 0.3) is 28.0 Å². The maximum atomic E-state index is 12.8. The van der Waals surface area contributed by atoms with Crippen LogP contribution in [0.1, 0.15) is 17.1 Å². The van der Waals surface area contributed by atoms with Crippen molar-refractivity contribution in [1.29, 1.82) is 0 Å². The number of alkyl halides is 3. The number of benzene rings is 2. The van der Waals surface area contributed by atoms with Gasteiger partial charge in [-0.3, -0.25) is 4.98 Å². The van der Waals surface area contributed by atoms with E-state index in [1.165, 1.54) is 12.3 Å². The van der Waals surface area contributed by atoms with Crippen LogP contribution in [0.5, 0.6) is 0 Å². The molecule has 0 atom stereocenters. The molecule has 5 rings (SSSR count). The molecule has 10 heteroatoms. The Morgan fingerprint density at radius 1 is 0.853 bits per heavy atom. The van der Waals surface area contributed by atoms with Gasteiger partial charge in [0.25, 0.3) is 0 Å². The molecule has 34 heavy (non-hydrogen) atoms. The maximum absolute atomic E-state index is 12.8. The van der Waals surface area contributed by atoms with Crippen LogP contribution in [0.4, 0.5) is 13.2 Å². The lowest BCUT2D eigenvalue weighted by Gasteiger charge is -2.12. The first-order valence-corrected chi connectivity index (χ1v) is 10.8. The Labute approximate surface area is 201 Å². The van der Waals surface area contributed by atoms with E-state index in [1.807, 2.05) is 36.4 Å². The Bertz CT molecular complexity index is 1480. The fraction of sp³-hybridized carbons (Fsp3) is 0.0833. The Balaban J connectivity index is 1.62. The van der Waals surface area contributed by atoms with E-state index in [-0.39, 0.29) is 6.42 Å². The zero-order valence-electron chi connectivity index (χ0n) is 17.3.